The van der Waals surface area contributed by atoms with Crippen LogP contribution in [0, 0.1) is 6.92 Å². The predicted molar refractivity (Wildman–Crippen MR) is 103 cm³/mol. The average molecular weight is 373 g/mol. The van der Waals surface area contributed by atoms with Crippen molar-refractivity contribution in [2.45, 2.75) is 32.0 Å². The number of nitrogens with zero attached hydrogens (tertiary/aromatic N) is 3. The van der Waals surface area contributed by atoms with Gasteiger partial charge in [0.1, 0.15) is 5.82 Å². The molecule has 5 nitrogen and oxygen atoms in total. The maximum Gasteiger partial charge on any atom is 0.234 e. The smallest absolute Gasteiger partial charge is 0.234 e. The van der Waals surface area contributed by atoms with Gasteiger partial charge in [0.2, 0.25) is 5.91 Å². The molecule has 3 rings (SSSR count). The number of amides is 1. The summed E-state index contributed by atoms with van der Waals surface area (Å²) in [5.41, 5.74) is 1.98. The van der Waals surface area contributed by atoms with E-state index in [1.54, 1.807) is 11.3 Å². The number of aryl methyl sites for hydroxylation is 1. The topological polar surface area (TPSA) is 59.8 Å². The molecule has 0 atom stereocenters. The fourth-order valence-corrected chi connectivity index (χ4v) is 3.93. The lowest BCUT2D eigenvalue weighted by molar-refractivity contribution is -0.113. The number of thiophene rings is 1. The van der Waals surface area contributed by atoms with Crippen molar-refractivity contribution in [2.24, 2.45) is 0 Å². The van der Waals surface area contributed by atoms with Gasteiger partial charge >= 0.3 is 0 Å². The summed E-state index contributed by atoms with van der Waals surface area (Å²) in [6, 6.07) is 11.9. The van der Waals surface area contributed by atoms with Crippen molar-refractivity contribution in [3.63, 3.8) is 0 Å². The zero-order chi connectivity index (χ0) is 17.6. The van der Waals surface area contributed by atoms with Gasteiger partial charge in [0, 0.05) is 23.5 Å². The molecule has 0 aliphatic rings. The van der Waals surface area contributed by atoms with E-state index in [4.69, 9.17) is 0 Å². The van der Waals surface area contributed by atoms with Crippen LogP contribution >= 0.6 is 23.1 Å². The van der Waals surface area contributed by atoms with E-state index in [0.717, 1.165) is 29.6 Å². The van der Waals surface area contributed by atoms with Crippen molar-refractivity contribution in [3.05, 3.63) is 58.0 Å². The molecule has 0 unspecified atom stereocenters. The molecule has 7 heteroatoms. The molecule has 0 aliphatic heterocycles. The summed E-state index contributed by atoms with van der Waals surface area (Å²) in [4.78, 5) is 13.4. The number of carbonyl (C=O) groups is 1. The minimum atomic E-state index is -0.0423. The predicted octanol–water partition coefficient (Wildman–Crippen LogP) is 3.99. The first-order valence-corrected chi connectivity index (χ1v) is 9.96. The van der Waals surface area contributed by atoms with Crippen molar-refractivity contribution in [1.82, 2.24) is 14.8 Å². The number of carbonyl (C=O) groups excluding carboxylic acids is 1. The summed E-state index contributed by atoms with van der Waals surface area (Å²) >= 11 is 3.13. The summed E-state index contributed by atoms with van der Waals surface area (Å²) in [6.07, 6.45) is 0.772. The van der Waals surface area contributed by atoms with Crippen LogP contribution in [0.3, 0.4) is 0 Å². The van der Waals surface area contributed by atoms with Crippen molar-refractivity contribution >= 4 is 34.7 Å². The monoisotopic (exact) mass is 372 g/mol. The van der Waals surface area contributed by atoms with Gasteiger partial charge < -0.3 is 9.88 Å². The van der Waals surface area contributed by atoms with Crippen LogP contribution in [0.25, 0.3) is 0 Å². The van der Waals surface area contributed by atoms with Gasteiger partial charge in [-0.2, -0.15) is 0 Å². The zero-order valence-electron chi connectivity index (χ0n) is 14.2. The minimum absolute atomic E-state index is 0.0423. The maximum absolute atomic E-state index is 12.1. The summed E-state index contributed by atoms with van der Waals surface area (Å²) < 4.78 is 2.07. The molecule has 0 saturated heterocycles. The third-order valence-corrected chi connectivity index (χ3v) is 5.53. The Balaban J connectivity index is 1.59. The fourth-order valence-electron chi connectivity index (χ4n) is 2.41. The number of anilines is 1. The highest BCUT2D eigenvalue weighted by Crippen LogP contribution is 2.20. The summed E-state index contributed by atoms with van der Waals surface area (Å²) in [6.45, 7) is 4.88. The van der Waals surface area contributed by atoms with Gasteiger partial charge in [-0.3, -0.25) is 4.79 Å². The summed E-state index contributed by atoms with van der Waals surface area (Å²) in [7, 11) is 0. The normalized spacial score (nSPS) is 10.8. The van der Waals surface area contributed by atoms with E-state index in [1.807, 2.05) is 37.3 Å². The molecule has 3 aromatic rings. The molecule has 0 saturated carbocycles. The first kappa shape index (κ1) is 17.7. The third-order valence-electron chi connectivity index (χ3n) is 3.69. The van der Waals surface area contributed by atoms with Crippen molar-refractivity contribution < 1.29 is 4.79 Å². The van der Waals surface area contributed by atoms with E-state index >= 15 is 0 Å². The molecule has 2 heterocycles. The number of aromatic nitrogens is 3. The van der Waals surface area contributed by atoms with E-state index in [2.05, 4.69) is 38.5 Å². The lowest BCUT2D eigenvalue weighted by atomic mass is 10.2. The second-order valence-corrected chi connectivity index (χ2v) is 7.58. The second-order valence-electron chi connectivity index (χ2n) is 5.60. The number of hydrogen-bond donors (Lipinski definition) is 1. The van der Waals surface area contributed by atoms with E-state index in [0.29, 0.717) is 5.75 Å². The quantitative estimate of drug-likeness (QED) is 0.637. The Labute approximate surface area is 155 Å². The first-order chi connectivity index (χ1) is 12.2. The molecule has 130 valence electrons. The second kappa shape index (κ2) is 8.31. The van der Waals surface area contributed by atoms with Crippen LogP contribution in [0.5, 0.6) is 0 Å². The molecule has 1 N–H and O–H groups in total. The molecular formula is C18H20N4OS2. The van der Waals surface area contributed by atoms with Crippen LogP contribution in [0.1, 0.15) is 23.2 Å². The van der Waals surface area contributed by atoms with Crippen LogP contribution < -0.4 is 5.32 Å². The fraction of sp³-hybridized carbons (Fsp3) is 0.278. The number of benzene rings is 1. The lowest BCUT2D eigenvalue weighted by Crippen LogP contribution is -2.14. The third kappa shape index (κ3) is 4.70. The number of hydrogen-bond acceptors (Lipinski definition) is 5. The molecule has 25 heavy (non-hydrogen) atoms. The molecule has 1 amide bonds. The molecular weight excluding hydrogens is 352 g/mol. The highest BCUT2D eigenvalue weighted by Gasteiger charge is 2.14. The summed E-state index contributed by atoms with van der Waals surface area (Å²) in [5.74, 6) is 1.20. The Morgan fingerprint density at radius 3 is 2.72 bits per heavy atom. The van der Waals surface area contributed by atoms with Gasteiger partial charge in [-0.25, -0.2) is 0 Å². The van der Waals surface area contributed by atoms with Crippen molar-refractivity contribution in [3.8, 4) is 0 Å². The van der Waals surface area contributed by atoms with Gasteiger partial charge in [-0.15, -0.1) is 21.5 Å². The van der Waals surface area contributed by atoms with Crippen molar-refractivity contribution in [2.75, 3.05) is 11.1 Å². The Kier molecular flexibility index (Phi) is 5.88. The number of rotatable bonds is 7. The molecule has 0 bridgehead atoms. The highest BCUT2D eigenvalue weighted by molar-refractivity contribution is 7.99. The van der Waals surface area contributed by atoms with Crippen LogP contribution in [0.4, 0.5) is 5.69 Å². The van der Waals surface area contributed by atoms with E-state index < -0.39 is 0 Å². The Bertz CT molecular complexity index is 825. The van der Waals surface area contributed by atoms with Crippen LogP contribution in [0.15, 0.2) is 46.9 Å². The Morgan fingerprint density at radius 2 is 2.04 bits per heavy atom. The van der Waals surface area contributed by atoms with Gasteiger partial charge in [0.15, 0.2) is 5.16 Å². The van der Waals surface area contributed by atoms with Crippen LogP contribution in [-0.4, -0.2) is 26.4 Å². The Hall–Kier alpha value is -2.12. The molecule has 2 aromatic heterocycles. The molecule has 0 radical (unpaired) electrons. The van der Waals surface area contributed by atoms with Gasteiger partial charge in [0.25, 0.3) is 0 Å². The lowest BCUT2D eigenvalue weighted by Gasteiger charge is -2.07. The number of thioether (sulfide) groups is 1. The zero-order valence-corrected chi connectivity index (χ0v) is 15.9. The standard InChI is InChI=1S/C18H20N4OS2/c1-3-22-16(11-15-5-4-10-24-15)20-21-18(22)25-12-17(23)19-14-8-6-13(2)7-9-14/h4-10H,3,11-12H2,1-2H3,(H,19,23). The van der Waals surface area contributed by atoms with Gasteiger partial charge in [0.05, 0.1) is 5.75 Å². The molecule has 0 spiro atoms. The highest BCUT2D eigenvalue weighted by atomic mass is 32.2. The SMILES string of the molecule is CCn1c(Cc2cccs2)nnc1SCC(=O)Nc1ccc(C)cc1. The minimum Gasteiger partial charge on any atom is -0.325 e. The van der Waals surface area contributed by atoms with Gasteiger partial charge in [-0.05, 0) is 37.4 Å². The molecule has 1 aromatic carbocycles. The maximum atomic E-state index is 12.1. The first-order valence-electron chi connectivity index (χ1n) is 8.09. The van der Waals surface area contributed by atoms with Gasteiger partial charge in [-0.1, -0.05) is 35.5 Å². The molecule has 0 aliphatic carbocycles. The molecule has 0 fully saturated rings. The van der Waals surface area contributed by atoms with Crippen LogP contribution in [0.2, 0.25) is 0 Å². The van der Waals surface area contributed by atoms with E-state index in [9.17, 15) is 4.79 Å². The van der Waals surface area contributed by atoms with E-state index in [-0.39, 0.29) is 5.91 Å². The summed E-state index contributed by atoms with van der Waals surface area (Å²) in [5, 5.41) is 14.3. The van der Waals surface area contributed by atoms with E-state index in [1.165, 1.54) is 22.2 Å². The Morgan fingerprint density at radius 1 is 1.24 bits per heavy atom. The van der Waals surface area contributed by atoms with Crippen LogP contribution in [-0.2, 0) is 17.8 Å². The number of nitrogens with one attached hydrogen (secondary N) is 1. The largest absolute Gasteiger partial charge is 0.325 e. The average Bonchev–Trinajstić information content (AvgIpc) is 3.25. The van der Waals surface area contributed by atoms with Crippen molar-refractivity contribution in [1.29, 1.82) is 0 Å².